The van der Waals surface area contributed by atoms with Gasteiger partial charge in [-0.3, -0.25) is 4.79 Å². The van der Waals surface area contributed by atoms with Crippen molar-refractivity contribution in [3.8, 4) is 11.5 Å². The maximum absolute atomic E-state index is 12.8. The normalized spacial score (nSPS) is 15.2. The molecule has 1 saturated heterocycles. The van der Waals surface area contributed by atoms with Crippen LogP contribution in [0.25, 0.3) is 0 Å². The summed E-state index contributed by atoms with van der Waals surface area (Å²) in [7, 11) is -2.01. The third-order valence-electron chi connectivity index (χ3n) is 4.98. The average Bonchev–Trinajstić information content (AvgIpc) is 2.77. The van der Waals surface area contributed by atoms with E-state index < -0.39 is 10.0 Å². The van der Waals surface area contributed by atoms with Gasteiger partial charge in [-0.2, -0.15) is 4.31 Å². The summed E-state index contributed by atoms with van der Waals surface area (Å²) in [6, 6.07) is 14.1. The number of para-hydroxylation sites is 2. The molecular weight excluding hydrogens is 392 g/mol. The van der Waals surface area contributed by atoms with Gasteiger partial charge >= 0.3 is 0 Å². The highest BCUT2D eigenvalue weighted by Gasteiger charge is 2.30. The largest absolute Gasteiger partial charge is 0.493 e. The van der Waals surface area contributed by atoms with Crippen LogP contribution in [0, 0.1) is 0 Å². The zero-order valence-corrected chi connectivity index (χ0v) is 17.5. The first-order chi connectivity index (χ1) is 14.0. The molecule has 0 saturated carbocycles. The Balaban J connectivity index is 1.56. The second kappa shape index (κ2) is 9.28. The average molecular weight is 419 g/mol. The van der Waals surface area contributed by atoms with Crippen molar-refractivity contribution in [2.24, 2.45) is 0 Å². The molecule has 3 rings (SSSR count). The van der Waals surface area contributed by atoms with Crippen LogP contribution in [0.15, 0.2) is 53.4 Å². The van der Waals surface area contributed by atoms with E-state index in [9.17, 15) is 13.2 Å². The Labute approximate surface area is 171 Å². The number of ether oxygens (including phenoxy) is 2. The highest BCUT2D eigenvalue weighted by Crippen LogP contribution is 2.26. The van der Waals surface area contributed by atoms with Gasteiger partial charge in [0.25, 0.3) is 5.91 Å². The number of aryl methyl sites for hydroxylation is 1. The lowest BCUT2D eigenvalue weighted by atomic mass is 10.2. The van der Waals surface area contributed by atoms with Gasteiger partial charge in [-0.25, -0.2) is 8.42 Å². The fourth-order valence-electron chi connectivity index (χ4n) is 3.19. The van der Waals surface area contributed by atoms with Crippen molar-refractivity contribution in [2.75, 3.05) is 39.9 Å². The van der Waals surface area contributed by atoms with Crippen molar-refractivity contribution in [1.29, 1.82) is 0 Å². The summed E-state index contributed by atoms with van der Waals surface area (Å²) in [5, 5.41) is 0. The van der Waals surface area contributed by atoms with Crippen LogP contribution in [0.1, 0.15) is 12.5 Å². The number of benzene rings is 2. The van der Waals surface area contributed by atoms with Crippen LogP contribution in [0.4, 0.5) is 0 Å². The SMILES string of the molecule is CCc1ccc(S(=O)(=O)N2CCN(C(=O)COc3ccccc3OC)CC2)cc1. The van der Waals surface area contributed by atoms with Crippen molar-refractivity contribution in [2.45, 2.75) is 18.2 Å². The predicted molar refractivity (Wildman–Crippen MR) is 110 cm³/mol. The molecule has 156 valence electrons. The Morgan fingerprint density at radius 2 is 1.59 bits per heavy atom. The summed E-state index contributed by atoms with van der Waals surface area (Å²) in [4.78, 5) is 14.4. The van der Waals surface area contributed by atoms with Gasteiger partial charge in [-0.1, -0.05) is 31.2 Å². The summed E-state index contributed by atoms with van der Waals surface area (Å²) in [6.45, 7) is 3.10. The van der Waals surface area contributed by atoms with Crippen molar-refractivity contribution in [3.05, 3.63) is 54.1 Å². The first-order valence-electron chi connectivity index (χ1n) is 9.58. The lowest BCUT2D eigenvalue weighted by Gasteiger charge is -2.34. The summed E-state index contributed by atoms with van der Waals surface area (Å²) >= 11 is 0. The van der Waals surface area contributed by atoms with Crippen molar-refractivity contribution in [3.63, 3.8) is 0 Å². The maximum atomic E-state index is 12.8. The lowest BCUT2D eigenvalue weighted by molar-refractivity contribution is -0.134. The maximum Gasteiger partial charge on any atom is 0.260 e. The van der Waals surface area contributed by atoms with E-state index in [2.05, 4.69) is 0 Å². The molecule has 8 heteroatoms. The first-order valence-corrected chi connectivity index (χ1v) is 11.0. The van der Waals surface area contributed by atoms with E-state index in [0.717, 1.165) is 12.0 Å². The minimum absolute atomic E-state index is 0.119. The molecule has 29 heavy (non-hydrogen) atoms. The number of nitrogens with zero attached hydrogens (tertiary/aromatic N) is 2. The molecule has 0 bridgehead atoms. The van der Waals surface area contributed by atoms with Crippen molar-refractivity contribution >= 4 is 15.9 Å². The van der Waals surface area contributed by atoms with Crippen LogP contribution in [0.5, 0.6) is 11.5 Å². The van der Waals surface area contributed by atoms with Gasteiger partial charge in [0.2, 0.25) is 10.0 Å². The van der Waals surface area contributed by atoms with Crippen LogP contribution < -0.4 is 9.47 Å². The number of piperazine rings is 1. The molecule has 0 aliphatic carbocycles. The first kappa shape index (κ1) is 21.1. The van der Waals surface area contributed by atoms with Crippen LogP contribution >= 0.6 is 0 Å². The van der Waals surface area contributed by atoms with Gasteiger partial charge in [-0.15, -0.1) is 0 Å². The van der Waals surface area contributed by atoms with Crippen LogP contribution in [0.2, 0.25) is 0 Å². The number of amides is 1. The summed E-state index contributed by atoms with van der Waals surface area (Å²) < 4.78 is 37.9. The lowest BCUT2D eigenvalue weighted by Crippen LogP contribution is -2.51. The smallest absolute Gasteiger partial charge is 0.260 e. The Morgan fingerprint density at radius 3 is 2.17 bits per heavy atom. The molecule has 1 fully saturated rings. The van der Waals surface area contributed by atoms with E-state index in [1.54, 1.807) is 42.3 Å². The number of carbonyl (C=O) groups excluding carboxylic acids is 1. The van der Waals surface area contributed by atoms with Crippen LogP contribution in [-0.2, 0) is 21.2 Å². The standard InChI is InChI=1S/C21H26N2O5S/c1-3-17-8-10-18(11-9-17)29(25,26)23-14-12-22(13-15-23)21(24)16-28-20-7-5-4-6-19(20)27-2/h4-11H,3,12-16H2,1-2H3. The minimum Gasteiger partial charge on any atom is -0.493 e. The number of methoxy groups -OCH3 is 1. The van der Waals surface area contributed by atoms with Gasteiger partial charge in [0, 0.05) is 26.2 Å². The van der Waals surface area contributed by atoms with Gasteiger partial charge in [0.1, 0.15) is 0 Å². The van der Waals surface area contributed by atoms with E-state index in [1.807, 2.05) is 25.1 Å². The van der Waals surface area contributed by atoms with Gasteiger partial charge < -0.3 is 14.4 Å². The van der Waals surface area contributed by atoms with E-state index in [1.165, 1.54) is 4.31 Å². The van der Waals surface area contributed by atoms with Gasteiger partial charge in [0.05, 0.1) is 12.0 Å². The second-order valence-electron chi connectivity index (χ2n) is 6.72. The topological polar surface area (TPSA) is 76.2 Å². The molecular formula is C21H26N2O5S. The molecule has 2 aromatic carbocycles. The molecule has 7 nitrogen and oxygen atoms in total. The quantitative estimate of drug-likeness (QED) is 0.689. The van der Waals surface area contributed by atoms with Crippen LogP contribution in [0.3, 0.4) is 0 Å². The Hall–Kier alpha value is -2.58. The molecule has 0 atom stereocenters. The van der Waals surface area contributed by atoms with Crippen molar-refractivity contribution < 1.29 is 22.7 Å². The number of rotatable bonds is 7. The van der Waals surface area contributed by atoms with E-state index >= 15 is 0 Å². The van der Waals surface area contributed by atoms with E-state index in [-0.39, 0.29) is 30.5 Å². The highest BCUT2D eigenvalue weighted by atomic mass is 32.2. The van der Waals surface area contributed by atoms with Crippen LogP contribution in [-0.4, -0.2) is 63.4 Å². The molecule has 0 aromatic heterocycles. The fourth-order valence-corrected chi connectivity index (χ4v) is 4.62. The molecule has 1 heterocycles. The third-order valence-corrected chi connectivity index (χ3v) is 6.89. The molecule has 0 spiro atoms. The number of carbonyl (C=O) groups is 1. The van der Waals surface area contributed by atoms with Gasteiger partial charge in [0.15, 0.2) is 18.1 Å². The van der Waals surface area contributed by atoms with Crippen molar-refractivity contribution in [1.82, 2.24) is 9.21 Å². The number of hydrogen-bond acceptors (Lipinski definition) is 5. The molecule has 0 N–H and O–H groups in total. The molecule has 1 amide bonds. The van der Waals surface area contributed by atoms with E-state index in [0.29, 0.717) is 24.6 Å². The monoisotopic (exact) mass is 418 g/mol. The minimum atomic E-state index is -3.55. The number of sulfonamides is 1. The van der Waals surface area contributed by atoms with Gasteiger partial charge in [-0.05, 0) is 36.2 Å². The molecule has 1 aliphatic rings. The summed E-state index contributed by atoms with van der Waals surface area (Å²) in [5.41, 5.74) is 1.09. The zero-order valence-electron chi connectivity index (χ0n) is 16.7. The molecule has 0 unspecified atom stereocenters. The Bertz CT molecular complexity index is 936. The highest BCUT2D eigenvalue weighted by molar-refractivity contribution is 7.89. The summed E-state index contributed by atoms with van der Waals surface area (Å²) in [5.74, 6) is 0.880. The zero-order chi connectivity index (χ0) is 20.9. The third kappa shape index (κ3) is 4.89. The predicted octanol–water partition coefficient (Wildman–Crippen LogP) is 2.17. The Kier molecular flexibility index (Phi) is 6.76. The molecule has 1 aliphatic heterocycles. The summed E-state index contributed by atoms with van der Waals surface area (Å²) in [6.07, 6.45) is 0.859. The molecule has 0 radical (unpaired) electrons. The fraction of sp³-hybridized carbons (Fsp3) is 0.381. The van der Waals surface area contributed by atoms with E-state index in [4.69, 9.17) is 9.47 Å². The second-order valence-corrected chi connectivity index (χ2v) is 8.66. The molecule has 2 aromatic rings. The Morgan fingerprint density at radius 1 is 0.966 bits per heavy atom. The number of hydrogen-bond donors (Lipinski definition) is 0.